The second-order valence-corrected chi connectivity index (χ2v) is 2.98. The van der Waals surface area contributed by atoms with Crippen molar-refractivity contribution in [2.24, 2.45) is 0 Å². The van der Waals surface area contributed by atoms with Crippen LogP contribution in [0.25, 0.3) is 0 Å². The van der Waals surface area contributed by atoms with E-state index in [2.05, 4.69) is 11.4 Å². The quantitative estimate of drug-likeness (QED) is 0.784. The van der Waals surface area contributed by atoms with Gasteiger partial charge >= 0.3 is 0 Å². The van der Waals surface area contributed by atoms with Crippen molar-refractivity contribution in [3.63, 3.8) is 0 Å². The van der Waals surface area contributed by atoms with Gasteiger partial charge in [-0.15, -0.1) is 0 Å². The third kappa shape index (κ3) is 2.39. The molecule has 0 aliphatic carbocycles. The summed E-state index contributed by atoms with van der Waals surface area (Å²) in [5.41, 5.74) is 0.533. The Bertz CT molecular complexity index is 371. The molecule has 1 aromatic rings. The van der Waals surface area contributed by atoms with E-state index in [0.717, 1.165) is 0 Å². The molecule has 0 saturated heterocycles. The minimum atomic E-state index is -0.523. The second-order valence-electron chi connectivity index (χ2n) is 2.98. The predicted molar refractivity (Wildman–Crippen MR) is 56.7 cm³/mol. The van der Waals surface area contributed by atoms with E-state index >= 15 is 0 Å². The molecular formula is C11H14N2O2. The van der Waals surface area contributed by atoms with Crippen molar-refractivity contribution in [3.05, 3.63) is 23.8 Å². The molecule has 4 heteroatoms. The molecule has 1 rings (SSSR count). The van der Waals surface area contributed by atoms with Crippen LogP contribution in [0.3, 0.4) is 0 Å². The van der Waals surface area contributed by atoms with E-state index in [1.54, 1.807) is 25.2 Å². The van der Waals surface area contributed by atoms with Gasteiger partial charge in [-0.2, -0.15) is 5.26 Å². The van der Waals surface area contributed by atoms with Crippen LogP contribution in [0.1, 0.15) is 18.5 Å². The lowest BCUT2D eigenvalue weighted by atomic mass is 10.1. The summed E-state index contributed by atoms with van der Waals surface area (Å²) >= 11 is 0. The highest BCUT2D eigenvalue weighted by Crippen LogP contribution is 2.33. The van der Waals surface area contributed by atoms with Crippen molar-refractivity contribution >= 4 is 0 Å². The molecule has 0 aliphatic heterocycles. The fraction of sp³-hybridized carbons (Fsp3) is 0.364. The van der Waals surface area contributed by atoms with Crippen LogP contribution in [0.5, 0.6) is 11.5 Å². The molecule has 1 aromatic carbocycles. The minimum Gasteiger partial charge on any atom is -0.504 e. The van der Waals surface area contributed by atoms with Crippen LogP contribution in [-0.4, -0.2) is 18.8 Å². The van der Waals surface area contributed by atoms with E-state index in [1.165, 1.54) is 0 Å². The molecule has 1 unspecified atom stereocenters. The monoisotopic (exact) mass is 206 g/mol. The van der Waals surface area contributed by atoms with Gasteiger partial charge in [0.05, 0.1) is 12.7 Å². The summed E-state index contributed by atoms with van der Waals surface area (Å²) in [6.45, 7) is 2.32. The first-order valence-electron chi connectivity index (χ1n) is 4.76. The normalized spacial score (nSPS) is 11.8. The fourth-order valence-corrected chi connectivity index (χ4v) is 1.33. The van der Waals surface area contributed by atoms with Crippen molar-refractivity contribution in [1.29, 1.82) is 5.26 Å². The van der Waals surface area contributed by atoms with Crippen LogP contribution >= 0.6 is 0 Å². The molecule has 0 bridgehead atoms. The van der Waals surface area contributed by atoms with Crippen LogP contribution in [-0.2, 0) is 0 Å². The maximum Gasteiger partial charge on any atom is 0.163 e. The Labute approximate surface area is 89.1 Å². The van der Waals surface area contributed by atoms with Crippen molar-refractivity contribution in [2.45, 2.75) is 13.0 Å². The van der Waals surface area contributed by atoms with Crippen LogP contribution in [0, 0.1) is 11.3 Å². The van der Waals surface area contributed by atoms with Gasteiger partial charge in [0.25, 0.3) is 0 Å². The highest BCUT2D eigenvalue weighted by molar-refractivity contribution is 5.48. The molecule has 0 saturated carbocycles. The summed E-state index contributed by atoms with van der Waals surface area (Å²) in [5, 5.41) is 21.5. The summed E-state index contributed by atoms with van der Waals surface area (Å²) in [7, 11) is 1.67. The molecular weight excluding hydrogens is 192 g/mol. The van der Waals surface area contributed by atoms with Gasteiger partial charge in [0.15, 0.2) is 11.5 Å². The van der Waals surface area contributed by atoms with E-state index in [-0.39, 0.29) is 5.75 Å². The largest absolute Gasteiger partial charge is 0.504 e. The highest BCUT2D eigenvalue weighted by atomic mass is 16.5. The predicted octanol–water partition coefficient (Wildman–Crippen LogP) is 1.57. The zero-order valence-corrected chi connectivity index (χ0v) is 8.82. The number of hydrogen-bond acceptors (Lipinski definition) is 4. The lowest BCUT2D eigenvalue weighted by Crippen LogP contribution is -2.14. The number of nitrogens with one attached hydrogen (secondary N) is 1. The number of benzene rings is 1. The number of phenolic OH excluding ortho intramolecular Hbond substituents is 1. The number of ether oxygens (including phenoxy) is 1. The van der Waals surface area contributed by atoms with Gasteiger partial charge in [-0.25, -0.2) is 0 Å². The van der Waals surface area contributed by atoms with E-state index < -0.39 is 6.04 Å². The average Bonchev–Trinajstić information content (AvgIpc) is 2.25. The van der Waals surface area contributed by atoms with Gasteiger partial charge in [-0.05, 0) is 20.0 Å². The molecule has 2 N–H and O–H groups in total. The van der Waals surface area contributed by atoms with Gasteiger partial charge in [0.2, 0.25) is 0 Å². The van der Waals surface area contributed by atoms with E-state index in [9.17, 15) is 5.11 Å². The number of para-hydroxylation sites is 1. The Kier molecular flexibility index (Phi) is 3.95. The summed E-state index contributed by atoms with van der Waals surface area (Å²) in [4.78, 5) is 0. The van der Waals surface area contributed by atoms with Crippen molar-refractivity contribution in [1.82, 2.24) is 5.32 Å². The standard InChI is InChI=1S/C11H14N2O2/c1-3-15-10-6-4-5-8(11(10)14)9(7-12)13-2/h4-6,9,13-14H,3H2,1-2H3. The van der Waals surface area contributed by atoms with Crippen LogP contribution in [0.15, 0.2) is 18.2 Å². The molecule has 0 aromatic heterocycles. The number of nitrogens with zero attached hydrogens (tertiary/aromatic N) is 1. The van der Waals surface area contributed by atoms with Gasteiger partial charge in [0.1, 0.15) is 6.04 Å². The van der Waals surface area contributed by atoms with Gasteiger partial charge in [-0.1, -0.05) is 12.1 Å². The summed E-state index contributed by atoms with van der Waals surface area (Å²) in [6, 6.07) is 6.65. The van der Waals surface area contributed by atoms with E-state index in [1.807, 2.05) is 6.92 Å². The first-order valence-corrected chi connectivity index (χ1v) is 4.76. The molecule has 15 heavy (non-hydrogen) atoms. The SMILES string of the molecule is CCOc1cccc(C(C#N)NC)c1O. The Hall–Kier alpha value is -1.73. The van der Waals surface area contributed by atoms with Crippen molar-refractivity contribution < 1.29 is 9.84 Å². The number of rotatable bonds is 4. The smallest absolute Gasteiger partial charge is 0.163 e. The van der Waals surface area contributed by atoms with E-state index in [4.69, 9.17) is 10.00 Å². The molecule has 4 nitrogen and oxygen atoms in total. The Morgan fingerprint density at radius 1 is 1.60 bits per heavy atom. The molecule has 0 amide bonds. The Morgan fingerprint density at radius 3 is 2.87 bits per heavy atom. The maximum absolute atomic E-state index is 9.84. The summed E-state index contributed by atoms with van der Waals surface area (Å²) in [5.74, 6) is 0.436. The number of nitriles is 1. The zero-order chi connectivity index (χ0) is 11.3. The van der Waals surface area contributed by atoms with Crippen molar-refractivity contribution in [3.8, 4) is 17.6 Å². The first kappa shape index (κ1) is 11.3. The molecule has 0 heterocycles. The number of aromatic hydroxyl groups is 1. The Morgan fingerprint density at radius 2 is 2.33 bits per heavy atom. The zero-order valence-electron chi connectivity index (χ0n) is 8.82. The first-order chi connectivity index (χ1) is 7.24. The van der Waals surface area contributed by atoms with Gasteiger partial charge < -0.3 is 15.2 Å². The van der Waals surface area contributed by atoms with E-state index in [0.29, 0.717) is 17.9 Å². The molecule has 0 aliphatic rings. The molecule has 1 atom stereocenters. The van der Waals surface area contributed by atoms with Gasteiger partial charge in [0, 0.05) is 5.56 Å². The molecule has 0 radical (unpaired) electrons. The topological polar surface area (TPSA) is 65.3 Å². The number of phenols is 1. The average molecular weight is 206 g/mol. The fourth-order valence-electron chi connectivity index (χ4n) is 1.33. The van der Waals surface area contributed by atoms with Crippen molar-refractivity contribution in [2.75, 3.05) is 13.7 Å². The molecule has 0 fully saturated rings. The maximum atomic E-state index is 9.84. The van der Waals surface area contributed by atoms with Gasteiger partial charge in [-0.3, -0.25) is 0 Å². The third-order valence-corrected chi connectivity index (χ3v) is 2.06. The highest BCUT2D eigenvalue weighted by Gasteiger charge is 2.15. The molecule has 80 valence electrons. The van der Waals surface area contributed by atoms with Crippen LogP contribution in [0.2, 0.25) is 0 Å². The second kappa shape index (κ2) is 5.23. The minimum absolute atomic E-state index is 0.0280. The lowest BCUT2D eigenvalue weighted by molar-refractivity contribution is 0.316. The summed E-state index contributed by atoms with van der Waals surface area (Å²) < 4.78 is 5.23. The number of hydrogen-bond donors (Lipinski definition) is 2. The molecule has 0 spiro atoms. The van der Waals surface area contributed by atoms with Crippen LogP contribution < -0.4 is 10.1 Å². The Balaban J connectivity index is 3.09. The summed E-state index contributed by atoms with van der Waals surface area (Å²) in [6.07, 6.45) is 0. The third-order valence-electron chi connectivity index (χ3n) is 2.06. The lowest BCUT2D eigenvalue weighted by Gasteiger charge is -2.13. The van der Waals surface area contributed by atoms with Crippen LogP contribution in [0.4, 0.5) is 0 Å².